The molecule has 10 heavy (non-hydrogen) atoms. The van der Waals surface area contributed by atoms with Crippen LogP contribution in [0.4, 0.5) is 0 Å². The smallest absolute Gasteiger partial charge is 0.209 e. The average Bonchev–Trinajstić information content (AvgIpc) is 1.99. The van der Waals surface area contributed by atoms with Crippen LogP contribution in [0.5, 0.6) is 0 Å². The van der Waals surface area contributed by atoms with Gasteiger partial charge in [0, 0.05) is 19.0 Å². The molecule has 0 N–H and O–H groups in total. The molecule has 0 aromatic rings. The number of unbranched alkanes of at least 4 members (excludes halogenated alkanes) is 1. The van der Waals surface area contributed by atoms with E-state index in [-0.39, 0.29) is 0 Å². The van der Waals surface area contributed by atoms with Gasteiger partial charge in [0.1, 0.15) is 0 Å². The van der Waals surface area contributed by atoms with Crippen molar-refractivity contribution in [2.24, 2.45) is 0 Å². The number of hydrogen-bond donors (Lipinski definition) is 0. The van der Waals surface area contributed by atoms with E-state index in [1.807, 2.05) is 13.3 Å². The SMILES string of the molecule is CCN(C=O)C[CH]CCCl. The molecule has 0 rings (SSSR count). The van der Waals surface area contributed by atoms with Crippen LogP contribution in [0.3, 0.4) is 0 Å². The molecule has 0 spiro atoms. The Morgan fingerprint density at radius 2 is 2.30 bits per heavy atom. The molecule has 1 radical (unpaired) electrons. The number of nitrogens with zero attached hydrogens (tertiary/aromatic N) is 1. The second-order valence-corrected chi connectivity index (χ2v) is 2.34. The summed E-state index contributed by atoms with van der Waals surface area (Å²) in [5.74, 6) is 0.635. The van der Waals surface area contributed by atoms with Crippen LogP contribution >= 0.6 is 11.6 Å². The normalized spacial score (nSPS) is 9.40. The highest BCUT2D eigenvalue weighted by Crippen LogP contribution is 1.92. The first-order valence-electron chi connectivity index (χ1n) is 3.42. The van der Waals surface area contributed by atoms with Crippen molar-refractivity contribution in [3.63, 3.8) is 0 Å². The van der Waals surface area contributed by atoms with Crippen LogP contribution in [-0.2, 0) is 4.79 Å². The fraction of sp³-hybridized carbons (Fsp3) is 0.714. The monoisotopic (exact) mass is 162 g/mol. The molecule has 0 aliphatic rings. The number of carbonyl (C=O) groups excluding carboxylic acids is 1. The molecule has 0 unspecified atom stereocenters. The Hall–Kier alpha value is -0.240. The van der Waals surface area contributed by atoms with Crippen LogP contribution in [0.15, 0.2) is 0 Å². The summed E-state index contributed by atoms with van der Waals surface area (Å²) in [5, 5.41) is 0. The van der Waals surface area contributed by atoms with Gasteiger partial charge < -0.3 is 4.90 Å². The van der Waals surface area contributed by atoms with E-state index >= 15 is 0 Å². The van der Waals surface area contributed by atoms with Crippen LogP contribution < -0.4 is 0 Å². The zero-order valence-electron chi connectivity index (χ0n) is 6.22. The van der Waals surface area contributed by atoms with E-state index in [0.717, 1.165) is 19.4 Å². The van der Waals surface area contributed by atoms with Crippen molar-refractivity contribution in [2.45, 2.75) is 13.3 Å². The predicted molar refractivity (Wildman–Crippen MR) is 42.9 cm³/mol. The summed E-state index contributed by atoms with van der Waals surface area (Å²) in [4.78, 5) is 11.9. The van der Waals surface area contributed by atoms with Crippen molar-refractivity contribution >= 4 is 18.0 Å². The third-order valence-electron chi connectivity index (χ3n) is 1.23. The fourth-order valence-electron chi connectivity index (χ4n) is 0.581. The number of amides is 1. The molecule has 0 heterocycles. The van der Waals surface area contributed by atoms with Gasteiger partial charge in [0.05, 0.1) is 0 Å². The molecular weight excluding hydrogens is 150 g/mol. The summed E-state index contributed by atoms with van der Waals surface area (Å²) >= 11 is 5.43. The summed E-state index contributed by atoms with van der Waals surface area (Å²) < 4.78 is 0. The quantitative estimate of drug-likeness (QED) is 0.328. The summed E-state index contributed by atoms with van der Waals surface area (Å²) in [6, 6.07) is 0. The van der Waals surface area contributed by atoms with E-state index in [1.165, 1.54) is 0 Å². The molecule has 0 fully saturated rings. The maximum Gasteiger partial charge on any atom is 0.209 e. The highest BCUT2D eigenvalue weighted by atomic mass is 35.5. The van der Waals surface area contributed by atoms with Crippen LogP contribution in [0.1, 0.15) is 13.3 Å². The van der Waals surface area contributed by atoms with Gasteiger partial charge in [-0.1, -0.05) is 0 Å². The van der Waals surface area contributed by atoms with Crippen LogP contribution in [-0.4, -0.2) is 30.3 Å². The van der Waals surface area contributed by atoms with Gasteiger partial charge in [-0.2, -0.15) is 0 Å². The van der Waals surface area contributed by atoms with E-state index in [4.69, 9.17) is 11.6 Å². The van der Waals surface area contributed by atoms with Crippen LogP contribution in [0, 0.1) is 6.42 Å². The largest absolute Gasteiger partial charge is 0.345 e. The third-order valence-corrected chi connectivity index (χ3v) is 1.45. The van der Waals surface area contributed by atoms with Crippen LogP contribution in [0.25, 0.3) is 0 Å². The first-order chi connectivity index (χ1) is 4.85. The van der Waals surface area contributed by atoms with Crippen molar-refractivity contribution in [3.8, 4) is 0 Å². The molecule has 0 aromatic heterocycles. The average molecular weight is 163 g/mol. The summed E-state index contributed by atoms with van der Waals surface area (Å²) in [5.41, 5.74) is 0. The minimum Gasteiger partial charge on any atom is -0.345 e. The second kappa shape index (κ2) is 6.87. The second-order valence-electron chi connectivity index (χ2n) is 1.96. The Labute approximate surface area is 67.2 Å². The first-order valence-corrected chi connectivity index (χ1v) is 3.95. The van der Waals surface area contributed by atoms with Gasteiger partial charge in [0.2, 0.25) is 6.41 Å². The third kappa shape index (κ3) is 4.62. The maximum absolute atomic E-state index is 10.2. The van der Waals surface area contributed by atoms with E-state index in [0.29, 0.717) is 12.4 Å². The van der Waals surface area contributed by atoms with Gasteiger partial charge >= 0.3 is 0 Å². The molecule has 0 aliphatic carbocycles. The van der Waals surface area contributed by atoms with Gasteiger partial charge in [0.15, 0.2) is 0 Å². The topological polar surface area (TPSA) is 20.3 Å². The maximum atomic E-state index is 10.2. The molecule has 0 saturated heterocycles. The van der Waals surface area contributed by atoms with Gasteiger partial charge in [-0.05, 0) is 19.8 Å². The van der Waals surface area contributed by atoms with Crippen molar-refractivity contribution in [2.75, 3.05) is 19.0 Å². The van der Waals surface area contributed by atoms with Crippen molar-refractivity contribution in [1.29, 1.82) is 0 Å². The Kier molecular flexibility index (Phi) is 6.71. The van der Waals surface area contributed by atoms with E-state index < -0.39 is 0 Å². The molecule has 1 amide bonds. The Balaban J connectivity index is 3.17. The Bertz CT molecular complexity index is 87.7. The molecule has 3 heteroatoms. The zero-order chi connectivity index (χ0) is 7.82. The fourth-order valence-corrected chi connectivity index (χ4v) is 0.735. The minimum atomic E-state index is 0.635. The lowest BCUT2D eigenvalue weighted by Crippen LogP contribution is -2.22. The minimum absolute atomic E-state index is 0.635. The molecule has 0 aromatic carbocycles. The summed E-state index contributed by atoms with van der Waals surface area (Å²) in [7, 11) is 0. The first kappa shape index (κ1) is 9.76. The Morgan fingerprint density at radius 3 is 2.70 bits per heavy atom. The molecule has 0 saturated carbocycles. The van der Waals surface area contributed by atoms with Crippen molar-refractivity contribution in [1.82, 2.24) is 4.90 Å². The highest BCUT2D eigenvalue weighted by Gasteiger charge is 1.95. The molecule has 59 valence electrons. The van der Waals surface area contributed by atoms with Gasteiger partial charge in [-0.15, -0.1) is 11.6 Å². The van der Waals surface area contributed by atoms with Gasteiger partial charge in [-0.25, -0.2) is 0 Å². The number of halogens is 1. The molecule has 2 nitrogen and oxygen atoms in total. The van der Waals surface area contributed by atoms with Gasteiger partial charge in [0.25, 0.3) is 0 Å². The lowest BCUT2D eigenvalue weighted by molar-refractivity contribution is -0.117. The van der Waals surface area contributed by atoms with Crippen molar-refractivity contribution in [3.05, 3.63) is 6.42 Å². The summed E-state index contributed by atoms with van der Waals surface area (Å²) in [6.45, 7) is 3.43. The summed E-state index contributed by atoms with van der Waals surface area (Å²) in [6.07, 6.45) is 3.72. The zero-order valence-corrected chi connectivity index (χ0v) is 6.97. The Morgan fingerprint density at radius 1 is 1.60 bits per heavy atom. The molecule has 0 bridgehead atoms. The predicted octanol–water partition coefficient (Wildman–Crippen LogP) is 1.30. The molecule has 0 atom stereocenters. The number of alkyl halides is 1. The lowest BCUT2D eigenvalue weighted by atomic mass is 10.3. The highest BCUT2D eigenvalue weighted by molar-refractivity contribution is 6.17. The molecule has 0 aliphatic heterocycles. The number of rotatable bonds is 6. The number of hydrogen-bond acceptors (Lipinski definition) is 1. The van der Waals surface area contributed by atoms with Crippen LogP contribution in [0.2, 0.25) is 0 Å². The van der Waals surface area contributed by atoms with E-state index in [1.54, 1.807) is 4.90 Å². The standard InChI is InChI=1S/C7H13ClNO/c1-2-9(7-10)6-4-3-5-8/h4,7H,2-3,5-6H2,1H3. The van der Waals surface area contributed by atoms with Gasteiger partial charge in [-0.3, -0.25) is 4.79 Å². The number of carbonyl (C=O) groups is 1. The van der Waals surface area contributed by atoms with E-state index in [9.17, 15) is 4.79 Å². The molecular formula is C7H13ClNO. The van der Waals surface area contributed by atoms with Crippen molar-refractivity contribution < 1.29 is 4.79 Å². The lowest BCUT2D eigenvalue weighted by Gasteiger charge is -2.12. The van der Waals surface area contributed by atoms with E-state index in [2.05, 4.69) is 0 Å².